The summed E-state index contributed by atoms with van der Waals surface area (Å²) >= 11 is 0. The Kier molecular flexibility index (Phi) is 4.24. The van der Waals surface area contributed by atoms with Crippen molar-refractivity contribution in [2.75, 3.05) is 0 Å². The minimum Gasteiger partial charge on any atom is -0.478 e. The second kappa shape index (κ2) is 6.07. The number of carboxylic acid groups (broad SMARTS) is 1. The Morgan fingerprint density at radius 1 is 1.12 bits per heavy atom. The molecule has 1 saturated heterocycles. The fraction of sp³-hybridized carbons (Fsp3) is 0.421. The SMILES string of the molecule is CC1=C(C(=O)O)C(c2cccc(C)c2C)C(C2OC(C)O2)=C(C)N1. The number of carbonyl (C=O) groups is 1. The first-order chi connectivity index (χ1) is 11.3. The number of hydrogen-bond donors (Lipinski definition) is 2. The predicted molar refractivity (Wildman–Crippen MR) is 90.2 cm³/mol. The third-order valence-corrected chi connectivity index (χ3v) is 4.88. The lowest BCUT2D eigenvalue weighted by Crippen LogP contribution is -2.44. The molecule has 1 unspecified atom stereocenters. The Balaban J connectivity index is 2.18. The molecule has 0 amide bonds. The van der Waals surface area contributed by atoms with Gasteiger partial charge < -0.3 is 19.9 Å². The highest BCUT2D eigenvalue weighted by Gasteiger charge is 2.42. The van der Waals surface area contributed by atoms with Crippen molar-refractivity contribution >= 4 is 5.97 Å². The van der Waals surface area contributed by atoms with Crippen LogP contribution >= 0.6 is 0 Å². The number of ether oxygens (including phenoxy) is 2. The molecule has 3 rings (SSSR count). The predicted octanol–water partition coefficient (Wildman–Crippen LogP) is 3.34. The maximum Gasteiger partial charge on any atom is 0.334 e. The van der Waals surface area contributed by atoms with Crippen LogP contribution in [0.25, 0.3) is 0 Å². The summed E-state index contributed by atoms with van der Waals surface area (Å²) in [4.78, 5) is 12.0. The number of hydrogen-bond acceptors (Lipinski definition) is 4. The quantitative estimate of drug-likeness (QED) is 0.890. The van der Waals surface area contributed by atoms with E-state index in [1.807, 2.05) is 45.9 Å². The van der Waals surface area contributed by atoms with Gasteiger partial charge in [0.1, 0.15) is 0 Å². The second-order valence-electron chi connectivity index (χ2n) is 6.44. The molecule has 1 aromatic rings. The van der Waals surface area contributed by atoms with Crippen molar-refractivity contribution < 1.29 is 19.4 Å². The van der Waals surface area contributed by atoms with Crippen LogP contribution in [0.2, 0.25) is 0 Å². The maximum atomic E-state index is 12.0. The van der Waals surface area contributed by atoms with E-state index in [1.54, 1.807) is 6.92 Å². The third-order valence-electron chi connectivity index (χ3n) is 4.88. The minimum atomic E-state index is -0.928. The molecule has 1 fully saturated rings. The van der Waals surface area contributed by atoms with E-state index >= 15 is 0 Å². The zero-order valence-corrected chi connectivity index (χ0v) is 14.6. The Hall–Kier alpha value is -2.11. The van der Waals surface area contributed by atoms with Crippen LogP contribution in [0.15, 0.2) is 40.7 Å². The molecule has 0 radical (unpaired) electrons. The van der Waals surface area contributed by atoms with Gasteiger partial charge in [-0.25, -0.2) is 4.79 Å². The third kappa shape index (κ3) is 2.64. The summed E-state index contributed by atoms with van der Waals surface area (Å²) in [6.07, 6.45) is -0.783. The molecule has 2 heterocycles. The van der Waals surface area contributed by atoms with Crippen molar-refractivity contribution in [1.82, 2.24) is 5.32 Å². The largest absolute Gasteiger partial charge is 0.478 e. The zero-order valence-electron chi connectivity index (χ0n) is 14.6. The lowest BCUT2D eigenvalue weighted by molar-refractivity contribution is -0.360. The van der Waals surface area contributed by atoms with Gasteiger partial charge in [-0.3, -0.25) is 0 Å². The Morgan fingerprint density at radius 3 is 2.38 bits per heavy atom. The topological polar surface area (TPSA) is 67.8 Å². The number of carboxylic acids is 1. The molecule has 24 heavy (non-hydrogen) atoms. The van der Waals surface area contributed by atoms with Crippen LogP contribution in [0, 0.1) is 13.8 Å². The van der Waals surface area contributed by atoms with Crippen molar-refractivity contribution in [2.24, 2.45) is 0 Å². The highest BCUT2D eigenvalue weighted by molar-refractivity contribution is 5.91. The molecule has 2 aliphatic heterocycles. The van der Waals surface area contributed by atoms with Gasteiger partial charge in [0.2, 0.25) is 0 Å². The molecule has 2 aliphatic rings. The van der Waals surface area contributed by atoms with E-state index in [-0.39, 0.29) is 12.2 Å². The van der Waals surface area contributed by atoms with Crippen LogP contribution < -0.4 is 5.32 Å². The standard InChI is InChI=1S/C19H23NO4/c1-9-7-6-8-14(10(9)2)17-15(18(21)22)11(3)20-12(4)16(17)19-23-13(5)24-19/h6-8,13,17,19-20H,1-5H3,(H,21,22). The molecule has 0 aliphatic carbocycles. The molecule has 0 bridgehead atoms. The highest BCUT2D eigenvalue weighted by Crippen LogP contribution is 2.44. The van der Waals surface area contributed by atoms with E-state index in [0.717, 1.165) is 28.0 Å². The molecule has 0 spiro atoms. The fourth-order valence-electron chi connectivity index (χ4n) is 3.52. The number of dihydropyridines is 1. The van der Waals surface area contributed by atoms with Gasteiger partial charge in [-0.1, -0.05) is 18.2 Å². The highest BCUT2D eigenvalue weighted by atomic mass is 16.9. The summed E-state index contributed by atoms with van der Waals surface area (Å²) in [6, 6.07) is 5.99. The summed E-state index contributed by atoms with van der Waals surface area (Å²) in [5, 5.41) is 13.0. The first kappa shape index (κ1) is 16.7. The fourth-order valence-corrected chi connectivity index (χ4v) is 3.52. The van der Waals surface area contributed by atoms with Gasteiger partial charge in [-0.15, -0.1) is 0 Å². The number of benzene rings is 1. The Labute approximate surface area is 142 Å². The summed E-state index contributed by atoms with van der Waals surface area (Å²) in [5.41, 5.74) is 5.93. The molecular weight excluding hydrogens is 306 g/mol. The first-order valence-corrected chi connectivity index (χ1v) is 8.10. The van der Waals surface area contributed by atoms with E-state index in [4.69, 9.17) is 9.47 Å². The van der Waals surface area contributed by atoms with Gasteiger partial charge in [0.25, 0.3) is 0 Å². The van der Waals surface area contributed by atoms with Crippen molar-refractivity contribution in [2.45, 2.75) is 53.1 Å². The minimum absolute atomic E-state index is 0.269. The molecule has 128 valence electrons. The number of nitrogens with one attached hydrogen (secondary N) is 1. The Bertz CT molecular complexity index is 757. The van der Waals surface area contributed by atoms with Gasteiger partial charge >= 0.3 is 5.97 Å². The molecule has 5 heteroatoms. The van der Waals surface area contributed by atoms with Gasteiger partial charge in [0.15, 0.2) is 12.6 Å². The van der Waals surface area contributed by atoms with Crippen molar-refractivity contribution in [3.05, 3.63) is 57.4 Å². The molecule has 2 N–H and O–H groups in total. The number of aryl methyl sites for hydroxylation is 1. The normalized spacial score (nSPS) is 27.0. The monoisotopic (exact) mass is 329 g/mol. The molecule has 1 atom stereocenters. The van der Waals surface area contributed by atoms with Crippen LogP contribution in [0.5, 0.6) is 0 Å². The number of rotatable bonds is 3. The average molecular weight is 329 g/mol. The molecule has 1 aromatic carbocycles. The summed E-state index contributed by atoms with van der Waals surface area (Å²) in [5.74, 6) is -1.32. The van der Waals surface area contributed by atoms with Gasteiger partial charge in [-0.05, 0) is 51.3 Å². The van der Waals surface area contributed by atoms with E-state index in [9.17, 15) is 9.90 Å². The summed E-state index contributed by atoms with van der Waals surface area (Å²) < 4.78 is 11.4. The molecule has 5 nitrogen and oxygen atoms in total. The molecule has 0 aromatic heterocycles. The van der Waals surface area contributed by atoms with Crippen molar-refractivity contribution in [3.63, 3.8) is 0 Å². The van der Waals surface area contributed by atoms with Gasteiger partial charge in [0, 0.05) is 22.9 Å². The van der Waals surface area contributed by atoms with Gasteiger partial charge in [-0.2, -0.15) is 0 Å². The van der Waals surface area contributed by atoms with Crippen LogP contribution in [0.3, 0.4) is 0 Å². The zero-order chi connectivity index (χ0) is 17.6. The van der Waals surface area contributed by atoms with E-state index in [1.165, 1.54) is 0 Å². The lowest BCUT2D eigenvalue weighted by atomic mass is 9.77. The van der Waals surface area contributed by atoms with Crippen LogP contribution in [0.1, 0.15) is 43.4 Å². The lowest BCUT2D eigenvalue weighted by Gasteiger charge is -2.41. The van der Waals surface area contributed by atoms with Crippen molar-refractivity contribution in [3.8, 4) is 0 Å². The van der Waals surface area contributed by atoms with Crippen LogP contribution in [0.4, 0.5) is 0 Å². The number of aliphatic carboxylic acids is 1. The Morgan fingerprint density at radius 2 is 1.79 bits per heavy atom. The molecule has 0 saturated carbocycles. The van der Waals surface area contributed by atoms with Crippen LogP contribution in [-0.4, -0.2) is 23.7 Å². The second-order valence-corrected chi connectivity index (χ2v) is 6.44. The molecular formula is C19H23NO4. The summed E-state index contributed by atoms with van der Waals surface area (Å²) in [6.45, 7) is 9.62. The van der Waals surface area contributed by atoms with E-state index in [2.05, 4.69) is 5.32 Å². The first-order valence-electron chi connectivity index (χ1n) is 8.10. The maximum absolute atomic E-state index is 12.0. The smallest absolute Gasteiger partial charge is 0.334 e. The van der Waals surface area contributed by atoms with Crippen molar-refractivity contribution in [1.29, 1.82) is 0 Å². The van der Waals surface area contributed by atoms with Crippen LogP contribution in [-0.2, 0) is 14.3 Å². The summed E-state index contributed by atoms with van der Waals surface area (Å²) in [7, 11) is 0. The average Bonchev–Trinajstić information content (AvgIpc) is 2.46. The number of allylic oxidation sites excluding steroid dienone is 2. The van der Waals surface area contributed by atoms with Gasteiger partial charge in [0.05, 0.1) is 5.57 Å². The van der Waals surface area contributed by atoms with E-state index < -0.39 is 12.3 Å². The van der Waals surface area contributed by atoms with E-state index in [0.29, 0.717) is 11.3 Å².